The summed E-state index contributed by atoms with van der Waals surface area (Å²) in [5, 5.41) is 13.0. The average molecular weight is 560 g/mol. The Morgan fingerprint density at radius 1 is 1.07 bits per heavy atom. The molecule has 4 aliphatic rings. The van der Waals surface area contributed by atoms with E-state index in [1.807, 2.05) is 31.2 Å². The zero-order chi connectivity index (χ0) is 28.3. The Balaban J connectivity index is 1.28. The smallest absolute Gasteiger partial charge is 0.274 e. The van der Waals surface area contributed by atoms with Crippen LogP contribution in [0.2, 0.25) is 0 Å². The predicted molar refractivity (Wildman–Crippen MR) is 148 cm³/mol. The number of hydrogen-bond donors (Lipinski definition) is 3. The first-order chi connectivity index (χ1) is 19.9. The summed E-state index contributed by atoms with van der Waals surface area (Å²) >= 11 is 0. The van der Waals surface area contributed by atoms with Crippen molar-refractivity contribution in [1.82, 2.24) is 25.7 Å². The highest BCUT2D eigenvalue weighted by atomic mass is 16.5. The summed E-state index contributed by atoms with van der Waals surface area (Å²) in [6, 6.07) is 13.6. The Labute approximate surface area is 237 Å². The summed E-state index contributed by atoms with van der Waals surface area (Å²) in [5.41, 5.74) is 2.42. The lowest BCUT2D eigenvalue weighted by atomic mass is 10.1. The third-order valence-electron chi connectivity index (χ3n) is 7.50. The van der Waals surface area contributed by atoms with E-state index in [0.29, 0.717) is 47.6 Å². The fraction of sp³-hybridized carbons (Fsp3) is 0.400. The van der Waals surface area contributed by atoms with E-state index in [9.17, 15) is 14.4 Å². The molecule has 0 radical (unpaired) electrons. The molecule has 0 spiro atoms. The molecular formula is C30H33N5O6. The summed E-state index contributed by atoms with van der Waals surface area (Å²) < 4.78 is 18.0. The van der Waals surface area contributed by atoms with Crippen LogP contribution in [0.15, 0.2) is 48.5 Å². The third kappa shape index (κ3) is 6.45. The van der Waals surface area contributed by atoms with Crippen LogP contribution in [0.25, 0.3) is 0 Å². The number of aromatic amines is 1. The van der Waals surface area contributed by atoms with Gasteiger partial charge in [0.1, 0.15) is 29.0 Å². The standard InChI is InChI=1S/C30H33N5O6/c1-2-21-11-25(34-33-21)30(38)35-14-26-27(15-35)41-22-7-5-18(6-8-22)13-31-28(36)17-40-24-10-20(29(37)32-26)9-23(12-24)39-16-19-3-4-19/h5-12,19,26-27H,2-4,13-17H2,1H3,(H,31,36)(H,32,37)(H,33,34)/t26-,27-/m0/s1. The molecular weight excluding hydrogens is 526 g/mol. The molecule has 1 saturated carbocycles. The SMILES string of the molecule is CCc1cc(C(=O)N2C[C@@H]3NC(=O)c4cc(cc(OCC5CC5)c4)OCC(=O)NCc4ccc(cc4)O[C@H]3C2)n[nH]1. The van der Waals surface area contributed by atoms with Crippen molar-refractivity contribution < 1.29 is 28.6 Å². The van der Waals surface area contributed by atoms with Crippen LogP contribution in [0.5, 0.6) is 17.2 Å². The third-order valence-corrected chi connectivity index (χ3v) is 7.50. The summed E-state index contributed by atoms with van der Waals surface area (Å²) in [4.78, 5) is 40.9. The van der Waals surface area contributed by atoms with E-state index >= 15 is 0 Å². The number of likely N-dealkylation sites (tertiary alicyclic amines) is 1. The lowest BCUT2D eigenvalue weighted by molar-refractivity contribution is -0.123. The second-order valence-electron chi connectivity index (χ2n) is 10.7. The number of benzene rings is 2. The van der Waals surface area contributed by atoms with Crippen LogP contribution in [0.4, 0.5) is 0 Å². The maximum atomic E-state index is 13.6. The van der Waals surface area contributed by atoms with E-state index in [2.05, 4.69) is 20.8 Å². The summed E-state index contributed by atoms with van der Waals surface area (Å²) in [7, 11) is 0. The molecule has 3 aliphatic heterocycles. The molecule has 4 heterocycles. The van der Waals surface area contributed by atoms with Gasteiger partial charge >= 0.3 is 0 Å². The number of carbonyl (C=O) groups is 3. The van der Waals surface area contributed by atoms with Crippen LogP contribution in [-0.4, -0.2) is 71.3 Å². The van der Waals surface area contributed by atoms with Gasteiger partial charge in [-0.05, 0) is 61.1 Å². The molecule has 0 unspecified atom stereocenters. The number of nitrogens with one attached hydrogen (secondary N) is 3. The van der Waals surface area contributed by atoms with E-state index < -0.39 is 12.1 Å². The van der Waals surface area contributed by atoms with E-state index in [0.717, 1.165) is 30.5 Å². The van der Waals surface area contributed by atoms with Crippen molar-refractivity contribution in [3.05, 3.63) is 71.0 Å². The van der Waals surface area contributed by atoms with Gasteiger partial charge in [0.15, 0.2) is 6.61 Å². The molecule has 11 nitrogen and oxygen atoms in total. The normalized spacial score (nSPS) is 20.8. The first-order valence-corrected chi connectivity index (χ1v) is 14.0. The highest BCUT2D eigenvalue weighted by molar-refractivity contribution is 5.96. The van der Waals surface area contributed by atoms with Crippen molar-refractivity contribution in [3.8, 4) is 17.2 Å². The topological polar surface area (TPSA) is 135 Å². The minimum absolute atomic E-state index is 0.205. The van der Waals surface area contributed by atoms with Crippen LogP contribution < -0.4 is 24.8 Å². The first-order valence-electron chi connectivity index (χ1n) is 14.0. The number of ether oxygens (including phenoxy) is 3. The van der Waals surface area contributed by atoms with Gasteiger partial charge in [0.05, 0.1) is 19.2 Å². The first kappa shape index (κ1) is 26.7. The number of aryl methyl sites for hydroxylation is 1. The van der Waals surface area contributed by atoms with Gasteiger partial charge in [-0.1, -0.05) is 19.1 Å². The summed E-state index contributed by atoms with van der Waals surface area (Å²) in [6.45, 7) is 3.19. The van der Waals surface area contributed by atoms with Gasteiger partial charge < -0.3 is 29.7 Å². The number of carbonyl (C=O) groups excluding carboxylic acids is 3. The van der Waals surface area contributed by atoms with E-state index in [-0.39, 0.29) is 37.4 Å². The van der Waals surface area contributed by atoms with E-state index in [1.54, 1.807) is 29.2 Å². The minimum Gasteiger partial charge on any atom is -0.493 e. The van der Waals surface area contributed by atoms with Gasteiger partial charge in [0, 0.05) is 30.4 Å². The quantitative estimate of drug-likeness (QED) is 0.437. The monoisotopic (exact) mass is 559 g/mol. The molecule has 2 fully saturated rings. The maximum Gasteiger partial charge on any atom is 0.274 e. The summed E-state index contributed by atoms with van der Waals surface area (Å²) in [5.74, 6) is 1.09. The molecule has 214 valence electrons. The van der Waals surface area contributed by atoms with E-state index in [4.69, 9.17) is 14.2 Å². The van der Waals surface area contributed by atoms with Crippen molar-refractivity contribution in [2.24, 2.45) is 5.92 Å². The lowest BCUT2D eigenvalue weighted by Crippen LogP contribution is -2.45. The Kier molecular flexibility index (Phi) is 7.49. The molecule has 1 aromatic heterocycles. The van der Waals surface area contributed by atoms with Crippen LogP contribution in [0, 0.1) is 5.92 Å². The minimum atomic E-state index is -0.501. The highest BCUT2D eigenvalue weighted by Crippen LogP contribution is 2.31. The number of hydrogen-bond acceptors (Lipinski definition) is 7. The zero-order valence-electron chi connectivity index (χ0n) is 22.9. The van der Waals surface area contributed by atoms with Gasteiger partial charge in [-0.3, -0.25) is 19.5 Å². The van der Waals surface area contributed by atoms with Crippen molar-refractivity contribution in [3.63, 3.8) is 0 Å². The lowest BCUT2D eigenvalue weighted by Gasteiger charge is -2.21. The van der Waals surface area contributed by atoms with Crippen LogP contribution >= 0.6 is 0 Å². The Morgan fingerprint density at radius 3 is 2.66 bits per heavy atom. The second kappa shape index (κ2) is 11.5. The molecule has 3 N–H and O–H groups in total. The van der Waals surface area contributed by atoms with Crippen molar-refractivity contribution in [2.45, 2.75) is 44.9 Å². The van der Waals surface area contributed by atoms with Gasteiger partial charge in [0.2, 0.25) is 0 Å². The molecule has 1 saturated heterocycles. The van der Waals surface area contributed by atoms with Gasteiger partial charge in [-0.25, -0.2) is 0 Å². The molecule has 3 aromatic rings. The number of amides is 3. The molecule has 11 heteroatoms. The van der Waals surface area contributed by atoms with Crippen molar-refractivity contribution in [2.75, 3.05) is 26.3 Å². The zero-order valence-corrected chi connectivity index (χ0v) is 22.9. The largest absolute Gasteiger partial charge is 0.493 e. The number of H-pyrrole nitrogens is 1. The second-order valence-corrected chi connectivity index (χ2v) is 10.7. The summed E-state index contributed by atoms with van der Waals surface area (Å²) in [6.07, 6.45) is 2.49. The molecule has 3 amide bonds. The number of aromatic nitrogens is 2. The highest BCUT2D eigenvalue weighted by Gasteiger charge is 2.39. The van der Waals surface area contributed by atoms with Crippen molar-refractivity contribution in [1.29, 1.82) is 0 Å². The number of nitrogens with zero attached hydrogens (tertiary/aromatic N) is 2. The molecule has 2 atom stereocenters. The Hall–Kier alpha value is -4.54. The maximum absolute atomic E-state index is 13.6. The van der Waals surface area contributed by atoms with Gasteiger partial charge in [-0.2, -0.15) is 5.10 Å². The molecule has 2 aromatic carbocycles. The van der Waals surface area contributed by atoms with E-state index in [1.165, 1.54) is 0 Å². The molecule has 41 heavy (non-hydrogen) atoms. The Bertz CT molecular complexity index is 1430. The van der Waals surface area contributed by atoms with Crippen LogP contribution in [0.3, 0.4) is 0 Å². The fourth-order valence-corrected chi connectivity index (χ4v) is 4.89. The van der Waals surface area contributed by atoms with Gasteiger partial charge in [0.25, 0.3) is 17.7 Å². The molecule has 1 aliphatic carbocycles. The number of rotatable bonds is 5. The van der Waals surface area contributed by atoms with Crippen LogP contribution in [0.1, 0.15) is 51.9 Å². The van der Waals surface area contributed by atoms with Gasteiger partial charge in [-0.15, -0.1) is 0 Å². The Morgan fingerprint density at radius 2 is 1.90 bits per heavy atom. The fourth-order valence-electron chi connectivity index (χ4n) is 4.89. The molecule has 4 bridgehead atoms. The molecule has 7 rings (SSSR count). The predicted octanol–water partition coefficient (Wildman–Crippen LogP) is 2.47. The number of fused-ring (bicyclic) bond motifs is 7. The van der Waals surface area contributed by atoms with Crippen LogP contribution in [-0.2, 0) is 17.8 Å². The van der Waals surface area contributed by atoms with Crippen molar-refractivity contribution >= 4 is 17.7 Å². The average Bonchev–Trinajstić information content (AvgIpc) is 3.55.